The second-order valence-corrected chi connectivity index (χ2v) is 3.68. The molecule has 3 N–H and O–H groups in total. The molecule has 82 valence electrons. The summed E-state index contributed by atoms with van der Waals surface area (Å²) in [7, 11) is 0. The Balaban J connectivity index is 2.30. The molecular formula is C9H7Cl2N5. The number of nitrogen functional groups attached to an aromatic ring is 1. The van der Waals surface area contributed by atoms with Gasteiger partial charge in [-0.3, -0.25) is 0 Å². The van der Waals surface area contributed by atoms with E-state index < -0.39 is 0 Å². The molecule has 0 aliphatic heterocycles. The summed E-state index contributed by atoms with van der Waals surface area (Å²) < 4.78 is 0. The third-order valence-corrected chi connectivity index (χ3v) is 2.20. The second kappa shape index (κ2) is 4.51. The number of hydrogen-bond acceptors (Lipinski definition) is 5. The molecule has 5 nitrogen and oxygen atoms in total. The Hall–Kier alpha value is -1.59. The van der Waals surface area contributed by atoms with E-state index in [9.17, 15) is 0 Å². The topological polar surface area (TPSA) is 76.7 Å². The van der Waals surface area contributed by atoms with Gasteiger partial charge in [0.2, 0.25) is 5.28 Å². The fourth-order valence-corrected chi connectivity index (χ4v) is 1.34. The van der Waals surface area contributed by atoms with Crippen molar-refractivity contribution in [3.05, 3.63) is 34.8 Å². The number of pyridine rings is 1. The van der Waals surface area contributed by atoms with Crippen LogP contribution in [0.2, 0.25) is 10.3 Å². The lowest BCUT2D eigenvalue weighted by molar-refractivity contribution is 1.16. The van der Waals surface area contributed by atoms with Crippen LogP contribution in [0.5, 0.6) is 0 Å². The molecule has 0 spiro atoms. The zero-order valence-corrected chi connectivity index (χ0v) is 9.50. The molecule has 0 aliphatic carbocycles. The predicted molar refractivity (Wildman–Crippen MR) is 64.0 cm³/mol. The molecule has 2 aromatic heterocycles. The fraction of sp³-hybridized carbons (Fsp3) is 0. The van der Waals surface area contributed by atoms with Gasteiger partial charge in [-0.15, -0.1) is 0 Å². The summed E-state index contributed by atoms with van der Waals surface area (Å²) in [6.45, 7) is 0. The highest BCUT2D eigenvalue weighted by molar-refractivity contribution is 6.33. The lowest BCUT2D eigenvalue weighted by atomic mass is 10.4. The monoisotopic (exact) mass is 255 g/mol. The van der Waals surface area contributed by atoms with E-state index in [0.717, 1.165) is 0 Å². The first-order valence-corrected chi connectivity index (χ1v) is 5.07. The van der Waals surface area contributed by atoms with Gasteiger partial charge < -0.3 is 11.1 Å². The van der Waals surface area contributed by atoms with Crippen molar-refractivity contribution in [1.82, 2.24) is 15.0 Å². The highest BCUT2D eigenvalue weighted by Gasteiger charge is 2.05. The lowest BCUT2D eigenvalue weighted by Gasteiger charge is -2.06. The molecule has 0 amide bonds. The Morgan fingerprint density at radius 1 is 1.25 bits per heavy atom. The van der Waals surface area contributed by atoms with Crippen LogP contribution in [-0.4, -0.2) is 15.0 Å². The quantitative estimate of drug-likeness (QED) is 0.807. The number of rotatable bonds is 2. The lowest BCUT2D eigenvalue weighted by Crippen LogP contribution is -1.98. The Kier molecular flexibility index (Phi) is 3.07. The summed E-state index contributed by atoms with van der Waals surface area (Å²) in [5, 5.41) is 3.36. The van der Waals surface area contributed by atoms with Crippen LogP contribution < -0.4 is 11.1 Å². The fourth-order valence-electron chi connectivity index (χ4n) is 1.07. The number of aromatic nitrogens is 3. The molecule has 2 aromatic rings. The molecule has 0 aromatic carbocycles. The first-order chi connectivity index (χ1) is 7.65. The van der Waals surface area contributed by atoms with E-state index in [4.69, 9.17) is 28.9 Å². The summed E-state index contributed by atoms with van der Waals surface area (Å²) in [5.41, 5.74) is 6.20. The van der Waals surface area contributed by atoms with Crippen molar-refractivity contribution in [2.75, 3.05) is 11.1 Å². The largest absolute Gasteiger partial charge is 0.399 e. The van der Waals surface area contributed by atoms with Crippen LogP contribution in [-0.2, 0) is 0 Å². The van der Waals surface area contributed by atoms with Gasteiger partial charge in [-0.05, 0) is 17.7 Å². The number of hydrogen-bond donors (Lipinski definition) is 2. The van der Waals surface area contributed by atoms with Crippen LogP contribution in [0.15, 0.2) is 24.5 Å². The molecule has 0 bridgehead atoms. The maximum atomic E-state index is 5.88. The van der Waals surface area contributed by atoms with Gasteiger partial charge in [-0.1, -0.05) is 11.6 Å². The first-order valence-electron chi connectivity index (χ1n) is 4.32. The molecule has 0 saturated carbocycles. The summed E-state index contributed by atoms with van der Waals surface area (Å²) >= 11 is 11.5. The molecular weight excluding hydrogens is 249 g/mol. The number of halogens is 2. The second-order valence-electron chi connectivity index (χ2n) is 2.93. The molecule has 0 radical (unpaired) electrons. The maximum Gasteiger partial charge on any atom is 0.224 e. The van der Waals surface area contributed by atoms with E-state index in [-0.39, 0.29) is 5.28 Å². The van der Waals surface area contributed by atoms with Crippen LogP contribution in [0.4, 0.5) is 17.3 Å². The molecule has 0 atom stereocenters. The van der Waals surface area contributed by atoms with Crippen molar-refractivity contribution in [1.29, 1.82) is 0 Å². The van der Waals surface area contributed by atoms with Crippen molar-refractivity contribution < 1.29 is 0 Å². The van der Waals surface area contributed by atoms with Crippen molar-refractivity contribution in [2.24, 2.45) is 0 Å². The number of nitrogens with two attached hydrogens (primary N) is 1. The van der Waals surface area contributed by atoms with E-state index in [2.05, 4.69) is 20.3 Å². The normalized spacial score (nSPS) is 10.1. The third-order valence-electron chi connectivity index (χ3n) is 1.75. The van der Waals surface area contributed by atoms with Gasteiger partial charge in [0, 0.05) is 18.0 Å². The van der Waals surface area contributed by atoms with Gasteiger partial charge >= 0.3 is 0 Å². The third kappa shape index (κ3) is 2.50. The molecule has 0 fully saturated rings. The standard InChI is InChI=1S/C9H7Cl2N5/c10-6-4-14-9(11)16-8(6)15-7-3-5(12)1-2-13-7/h1-4H,(H3,12,13,14,15,16). The Labute approximate surface area is 102 Å². The van der Waals surface area contributed by atoms with Gasteiger partial charge in [-0.25, -0.2) is 9.97 Å². The maximum absolute atomic E-state index is 5.88. The van der Waals surface area contributed by atoms with Crippen LogP contribution in [0.3, 0.4) is 0 Å². The van der Waals surface area contributed by atoms with Crippen molar-refractivity contribution >= 4 is 40.5 Å². The predicted octanol–water partition coefficient (Wildman–Crippen LogP) is 2.50. The SMILES string of the molecule is Nc1ccnc(Nc2nc(Cl)ncc2Cl)c1. The number of anilines is 3. The minimum absolute atomic E-state index is 0.107. The van der Waals surface area contributed by atoms with Gasteiger partial charge in [0.25, 0.3) is 0 Å². The zero-order chi connectivity index (χ0) is 11.5. The van der Waals surface area contributed by atoms with E-state index in [1.807, 2.05) is 0 Å². The molecule has 2 heterocycles. The van der Waals surface area contributed by atoms with Crippen molar-refractivity contribution in [2.45, 2.75) is 0 Å². The van der Waals surface area contributed by atoms with Crippen LogP contribution in [0.25, 0.3) is 0 Å². The van der Waals surface area contributed by atoms with E-state index in [0.29, 0.717) is 22.3 Å². The summed E-state index contributed by atoms with van der Waals surface area (Å²) in [4.78, 5) is 11.7. The molecule has 16 heavy (non-hydrogen) atoms. The summed E-state index contributed by atoms with van der Waals surface area (Å²) in [5.74, 6) is 0.927. The molecule has 7 heteroatoms. The van der Waals surface area contributed by atoms with Crippen molar-refractivity contribution in [3.63, 3.8) is 0 Å². The highest BCUT2D eigenvalue weighted by atomic mass is 35.5. The summed E-state index contributed by atoms with van der Waals surface area (Å²) in [6, 6.07) is 3.34. The number of nitrogens with one attached hydrogen (secondary N) is 1. The Morgan fingerprint density at radius 2 is 2.06 bits per heavy atom. The zero-order valence-electron chi connectivity index (χ0n) is 7.98. The van der Waals surface area contributed by atoms with Crippen LogP contribution in [0.1, 0.15) is 0 Å². The minimum Gasteiger partial charge on any atom is -0.399 e. The average Bonchev–Trinajstić information content (AvgIpc) is 2.24. The molecule has 0 saturated heterocycles. The Morgan fingerprint density at radius 3 is 2.81 bits per heavy atom. The van der Waals surface area contributed by atoms with E-state index in [1.54, 1.807) is 18.3 Å². The minimum atomic E-state index is 0.107. The smallest absolute Gasteiger partial charge is 0.224 e. The average molecular weight is 256 g/mol. The van der Waals surface area contributed by atoms with Gasteiger partial charge in [0.1, 0.15) is 10.8 Å². The molecule has 0 aliphatic rings. The molecule has 0 unspecified atom stereocenters. The van der Waals surface area contributed by atoms with E-state index >= 15 is 0 Å². The van der Waals surface area contributed by atoms with Crippen molar-refractivity contribution in [3.8, 4) is 0 Å². The van der Waals surface area contributed by atoms with Crippen LogP contribution in [0, 0.1) is 0 Å². The van der Waals surface area contributed by atoms with Crippen LogP contribution >= 0.6 is 23.2 Å². The number of nitrogens with zero attached hydrogens (tertiary/aromatic N) is 3. The van der Waals surface area contributed by atoms with Gasteiger partial charge in [0.05, 0.1) is 6.20 Å². The van der Waals surface area contributed by atoms with E-state index in [1.165, 1.54) is 6.20 Å². The summed E-state index contributed by atoms with van der Waals surface area (Å²) in [6.07, 6.45) is 2.99. The highest BCUT2D eigenvalue weighted by Crippen LogP contribution is 2.23. The van der Waals surface area contributed by atoms with Gasteiger partial charge in [0.15, 0.2) is 5.82 Å². The first kappa shape index (κ1) is 10.9. The Bertz CT molecular complexity index is 517. The molecule has 2 rings (SSSR count). The van der Waals surface area contributed by atoms with Gasteiger partial charge in [-0.2, -0.15) is 4.98 Å².